The molecule has 1 heterocycles. The third-order valence-electron chi connectivity index (χ3n) is 2.82. The van der Waals surface area contributed by atoms with Gasteiger partial charge in [-0.15, -0.1) is 0 Å². The highest BCUT2D eigenvalue weighted by molar-refractivity contribution is 6.06. The van der Waals surface area contributed by atoms with Crippen molar-refractivity contribution in [3.05, 3.63) is 59.2 Å². The Morgan fingerprint density at radius 3 is 3.00 bits per heavy atom. The minimum absolute atomic E-state index is 0.307. The van der Waals surface area contributed by atoms with Crippen molar-refractivity contribution in [1.82, 2.24) is 4.98 Å². The lowest BCUT2D eigenvalue weighted by molar-refractivity contribution is 0.102. The van der Waals surface area contributed by atoms with Crippen molar-refractivity contribution in [1.29, 1.82) is 0 Å². The SMILES string of the molecule is Cc1ccc(F)cc1NC(=O)c1ccncc1C#CCO. The van der Waals surface area contributed by atoms with E-state index < -0.39 is 11.7 Å². The molecule has 0 saturated heterocycles. The summed E-state index contributed by atoms with van der Waals surface area (Å²) in [4.78, 5) is 16.2. The number of anilines is 1. The van der Waals surface area contributed by atoms with E-state index in [4.69, 9.17) is 5.11 Å². The number of halogens is 1. The summed E-state index contributed by atoms with van der Waals surface area (Å²) >= 11 is 0. The number of aliphatic hydroxyl groups excluding tert-OH is 1. The average molecular weight is 284 g/mol. The van der Waals surface area contributed by atoms with Crippen molar-refractivity contribution >= 4 is 11.6 Å². The van der Waals surface area contributed by atoms with Crippen LogP contribution < -0.4 is 5.32 Å². The Morgan fingerprint density at radius 2 is 2.24 bits per heavy atom. The molecule has 2 N–H and O–H groups in total. The van der Waals surface area contributed by atoms with Crippen LogP contribution in [0, 0.1) is 24.6 Å². The number of carbonyl (C=O) groups is 1. The first-order valence-electron chi connectivity index (χ1n) is 6.23. The lowest BCUT2D eigenvalue weighted by Gasteiger charge is -2.09. The first kappa shape index (κ1) is 14.7. The Bertz CT molecular complexity index is 733. The summed E-state index contributed by atoms with van der Waals surface area (Å²) in [6.45, 7) is 1.47. The molecule has 0 fully saturated rings. The van der Waals surface area contributed by atoms with E-state index in [-0.39, 0.29) is 6.61 Å². The van der Waals surface area contributed by atoms with Gasteiger partial charge in [0.25, 0.3) is 5.91 Å². The maximum atomic E-state index is 13.2. The van der Waals surface area contributed by atoms with Crippen LogP contribution in [0.1, 0.15) is 21.5 Å². The molecule has 2 aromatic rings. The number of amides is 1. The molecular formula is C16H13FN2O2. The van der Waals surface area contributed by atoms with E-state index in [1.165, 1.54) is 30.6 Å². The smallest absolute Gasteiger partial charge is 0.257 e. The van der Waals surface area contributed by atoms with Gasteiger partial charge in [-0.2, -0.15) is 0 Å². The van der Waals surface area contributed by atoms with Crippen LogP contribution in [-0.4, -0.2) is 22.6 Å². The molecule has 2 rings (SSSR count). The molecule has 0 bridgehead atoms. The highest BCUT2D eigenvalue weighted by atomic mass is 19.1. The van der Waals surface area contributed by atoms with Crippen LogP contribution in [0.15, 0.2) is 36.7 Å². The van der Waals surface area contributed by atoms with E-state index in [1.807, 2.05) is 0 Å². The number of hydrogen-bond acceptors (Lipinski definition) is 3. The quantitative estimate of drug-likeness (QED) is 0.830. The molecule has 0 spiro atoms. The molecule has 1 aromatic heterocycles. The summed E-state index contributed by atoms with van der Waals surface area (Å²) in [5.74, 6) is 4.29. The number of aliphatic hydroxyl groups is 1. The lowest BCUT2D eigenvalue weighted by Crippen LogP contribution is -2.14. The number of pyridine rings is 1. The number of aryl methyl sites for hydroxylation is 1. The predicted octanol–water partition coefficient (Wildman–Crippen LogP) is 2.13. The highest BCUT2D eigenvalue weighted by Gasteiger charge is 2.12. The number of hydrogen-bond donors (Lipinski definition) is 2. The largest absolute Gasteiger partial charge is 0.384 e. The summed E-state index contributed by atoms with van der Waals surface area (Å²) in [5.41, 5.74) is 1.87. The average Bonchev–Trinajstić information content (AvgIpc) is 2.49. The Morgan fingerprint density at radius 1 is 1.43 bits per heavy atom. The van der Waals surface area contributed by atoms with E-state index in [9.17, 15) is 9.18 Å². The van der Waals surface area contributed by atoms with Gasteiger partial charge in [0.2, 0.25) is 0 Å². The first-order chi connectivity index (χ1) is 10.1. The minimum Gasteiger partial charge on any atom is -0.384 e. The maximum Gasteiger partial charge on any atom is 0.257 e. The van der Waals surface area contributed by atoms with Gasteiger partial charge in [0.1, 0.15) is 12.4 Å². The molecule has 0 aliphatic rings. The summed E-state index contributed by atoms with van der Waals surface area (Å²) in [6, 6.07) is 5.69. The zero-order chi connectivity index (χ0) is 15.2. The van der Waals surface area contributed by atoms with Gasteiger partial charge in [-0.05, 0) is 30.7 Å². The van der Waals surface area contributed by atoms with Gasteiger partial charge in [-0.1, -0.05) is 17.9 Å². The first-order valence-corrected chi connectivity index (χ1v) is 6.23. The number of rotatable bonds is 2. The van der Waals surface area contributed by atoms with Gasteiger partial charge >= 0.3 is 0 Å². The van der Waals surface area contributed by atoms with Crippen molar-refractivity contribution in [2.75, 3.05) is 11.9 Å². The molecule has 0 unspecified atom stereocenters. The molecule has 0 atom stereocenters. The number of benzene rings is 1. The molecule has 1 aromatic carbocycles. The Hall–Kier alpha value is -2.71. The minimum atomic E-state index is -0.425. The molecule has 5 heteroatoms. The van der Waals surface area contributed by atoms with Crippen LogP contribution in [0.4, 0.5) is 10.1 Å². The second-order valence-corrected chi connectivity index (χ2v) is 4.29. The maximum absolute atomic E-state index is 13.2. The molecule has 0 radical (unpaired) electrons. The third-order valence-corrected chi connectivity index (χ3v) is 2.82. The van der Waals surface area contributed by atoms with Gasteiger partial charge in [0.05, 0.1) is 11.1 Å². The molecule has 0 saturated carbocycles. The second kappa shape index (κ2) is 6.64. The van der Waals surface area contributed by atoms with Crippen LogP contribution in [0.25, 0.3) is 0 Å². The summed E-state index contributed by atoms with van der Waals surface area (Å²) < 4.78 is 13.2. The van der Waals surface area contributed by atoms with Crippen LogP contribution in [0.2, 0.25) is 0 Å². The molecule has 106 valence electrons. The highest BCUT2D eigenvalue weighted by Crippen LogP contribution is 2.17. The fourth-order valence-electron chi connectivity index (χ4n) is 1.75. The van der Waals surface area contributed by atoms with Gasteiger partial charge in [0.15, 0.2) is 0 Å². The fraction of sp³-hybridized carbons (Fsp3) is 0.125. The van der Waals surface area contributed by atoms with Crippen LogP contribution in [0.3, 0.4) is 0 Å². The van der Waals surface area contributed by atoms with Crippen molar-refractivity contribution in [2.24, 2.45) is 0 Å². The van der Waals surface area contributed by atoms with Crippen molar-refractivity contribution in [2.45, 2.75) is 6.92 Å². The normalized spacial score (nSPS) is 9.67. The number of nitrogens with one attached hydrogen (secondary N) is 1. The van der Waals surface area contributed by atoms with Crippen LogP contribution in [0.5, 0.6) is 0 Å². The topological polar surface area (TPSA) is 62.2 Å². The molecule has 4 nitrogen and oxygen atoms in total. The Labute approximate surface area is 121 Å². The standard InChI is InChI=1S/C16H13FN2O2/c1-11-4-5-13(17)9-15(11)19-16(21)14-6-7-18-10-12(14)3-2-8-20/h4-7,9-10,20H,8H2,1H3,(H,19,21). The van der Waals surface area contributed by atoms with Crippen molar-refractivity contribution < 1.29 is 14.3 Å². The van der Waals surface area contributed by atoms with Gasteiger partial charge in [-0.3, -0.25) is 9.78 Å². The number of carbonyl (C=O) groups excluding carboxylic acids is 1. The fourth-order valence-corrected chi connectivity index (χ4v) is 1.75. The molecule has 1 amide bonds. The van der Waals surface area contributed by atoms with E-state index in [2.05, 4.69) is 22.1 Å². The van der Waals surface area contributed by atoms with Crippen molar-refractivity contribution in [3.63, 3.8) is 0 Å². The Kier molecular flexibility index (Phi) is 4.64. The van der Waals surface area contributed by atoms with Crippen molar-refractivity contribution in [3.8, 4) is 11.8 Å². The van der Waals surface area contributed by atoms with Gasteiger partial charge < -0.3 is 10.4 Å². The zero-order valence-electron chi connectivity index (χ0n) is 11.4. The van der Waals surface area contributed by atoms with Crippen LogP contribution >= 0.6 is 0 Å². The monoisotopic (exact) mass is 284 g/mol. The summed E-state index contributed by atoms with van der Waals surface area (Å²) in [7, 11) is 0. The predicted molar refractivity (Wildman–Crippen MR) is 77.3 cm³/mol. The van der Waals surface area contributed by atoms with E-state index >= 15 is 0 Å². The molecule has 0 aliphatic carbocycles. The van der Waals surface area contributed by atoms with E-state index in [1.54, 1.807) is 13.0 Å². The summed E-state index contributed by atoms with van der Waals surface area (Å²) in [6.07, 6.45) is 2.91. The summed E-state index contributed by atoms with van der Waals surface area (Å²) in [5, 5.41) is 11.4. The molecule has 21 heavy (non-hydrogen) atoms. The van der Waals surface area contributed by atoms with Crippen LogP contribution in [-0.2, 0) is 0 Å². The second-order valence-electron chi connectivity index (χ2n) is 4.29. The van der Waals surface area contributed by atoms with E-state index in [0.29, 0.717) is 16.8 Å². The van der Waals surface area contributed by atoms with Gasteiger partial charge in [-0.25, -0.2) is 4.39 Å². The zero-order valence-corrected chi connectivity index (χ0v) is 11.4. The number of nitrogens with zero attached hydrogens (tertiary/aromatic N) is 1. The molecular weight excluding hydrogens is 271 g/mol. The Balaban J connectivity index is 2.31. The van der Waals surface area contributed by atoms with E-state index in [0.717, 1.165) is 5.56 Å². The lowest BCUT2D eigenvalue weighted by atomic mass is 10.1. The number of aromatic nitrogens is 1. The van der Waals surface area contributed by atoms with Gasteiger partial charge in [0, 0.05) is 18.1 Å². The molecule has 0 aliphatic heterocycles. The third kappa shape index (κ3) is 3.65.